The molecule has 1 unspecified atom stereocenters. The molecule has 1 heterocycles. The Morgan fingerprint density at radius 1 is 1.60 bits per heavy atom. The summed E-state index contributed by atoms with van der Waals surface area (Å²) in [4.78, 5) is 0. The summed E-state index contributed by atoms with van der Waals surface area (Å²) < 4.78 is 40.6. The number of aliphatic hydroxyl groups is 1. The number of hydrogen-bond acceptors (Lipinski definition) is 4. The van der Waals surface area contributed by atoms with E-state index in [9.17, 15) is 18.3 Å². The molecule has 0 fully saturated rings. The summed E-state index contributed by atoms with van der Waals surface area (Å²) in [6.07, 6.45) is -4.28. The van der Waals surface area contributed by atoms with Crippen molar-refractivity contribution in [2.24, 2.45) is 7.05 Å². The zero-order chi connectivity index (χ0) is 11.5. The molecule has 0 spiro atoms. The molecular weight excluding hydrogens is 215 g/mol. The van der Waals surface area contributed by atoms with Gasteiger partial charge in [0.2, 0.25) is 0 Å². The fourth-order valence-corrected chi connectivity index (χ4v) is 0.971. The van der Waals surface area contributed by atoms with Gasteiger partial charge in [-0.25, -0.2) is 4.68 Å². The third kappa shape index (κ3) is 3.84. The first-order chi connectivity index (χ1) is 6.90. The van der Waals surface area contributed by atoms with Crippen LogP contribution >= 0.6 is 0 Å². The largest absolute Gasteiger partial charge is 0.411 e. The van der Waals surface area contributed by atoms with Crippen LogP contribution in [0.15, 0.2) is 6.20 Å². The van der Waals surface area contributed by atoms with Crippen LogP contribution in [-0.2, 0) is 11.8 Å². The van der Waals surface area contributed by atoms with E-state index in [1.165, 1.54) is 17.9 Å². The van der Waals surface area contributed by atoms with E-state index in [2.05, 4.69) is 15.0 Å². The van der Waals surface area contributed by atoms with Gasteiger partial charge in [-0.05, 0) is 0 Å². The second-order valence-electron chi connectivity index (χ2n) is 2.93. The van der Waals surface area contributed by atoms with Gasteiger partial charge in [0, 0.05) is 7.05 Å². The number of nitrogens with zero attached hydrogens (tertiary/aromatic N) is 3. The zero-order valence-electron chi connectivity index (χ0n) is 7.90. The van der Waals surface area contributed by atoms with Crippen LogP contribution in [0.5, 0.6) is 0 Å². The van der Waals surface area contributed by atoms with Crippen LogP contribution < -0.4 is 0 Å². The number of ether oxygens (including phenoxy) is 1. The number of halogens is 3. The Kier molecular flexibility index (Phi) is 3.64. The van der Waals surface area contributed by atoms with Gasteiger partial charge in [0.25, 0.3) is 0 Å². The van der Waals surface area contributed by atoms with Gasteiger partial charge < -0.3 is 9.84 Å². The molecule has 5 nitrogen and oxygen atoms in total. The second kappa shape index (κ2) is 4.58. The Morgan fingerprint density at radius 2 is 2.27 bits per heavy atom. The van der Waals surface area contributed by atoms with Crippen molar-refractivity contribution in [3.63, 3.8) is 0 Å². The van der Waals surface area contributed by atoms with Crippen LogP contribution in [0.4, 0.5) is 13.2 Å². The van der Waals surface area contributed by atoms with Crippen molar-refractivity contribution in [2.75, 3.05) is 13.2 Å². The highest BCUT2D eigenvalue weighted by Gasteiger charge is 2.28. The lowest BCUT2D eigenvalue weighted by molar-refractivity contribution is -0.179. The second-order valence-corrected chi connectivity index (χ2v) is 2.93. The van der Waals surface area contributed by atoms with Gasteiger partial charge in [0.15, 0.2) is 0 Å². The van der Waals surface area contributed by atoms with Gasteiger partial charge in [-0.2, -0.15) is 13.2 Å². The molecule has 15 heavy (non-hydrogen) atoms. The Labute approximate surface area is 83.5 Å². The molecule has 0 aliphatic heterocycles. The van der Waals surface area contributed by atoms with Crippen LogP contribution in [0, 0.1) is 0 Å². The standard InChI is InChI=1S/C7H10F3N3O2/c1-13-5(2-11-12-13)6(14)3-15-4-7(8,9)10/h2,6,14H,3-4H2,1H3. The average molecular weight is 225 g/mol. The summed E-state index contributed by atoms with van der Waals surface area (Å²) in [6.45, 7) is -1.82. The number of aliphatic hydroxyl groups excluding tert-OH is 1. The molecule has 1 atom stereocenters. The van der Waals surface area contributed by atoms with Crippen LogP contribution in [-0.4, -0.2) is 39.5 Å². The van der Waals surface area contributed by atoms with Gasteiger partial charge in [-0.15, -0.1) is 5.10 Å². The third-order valence-corrected chi connectivity index (χ3v) is 1.63. The quantitative estimate of drug-likeness (QED) is 0.807. The highest BCUT2D eigenvalue weighted by Crippen LogP contribution is 2.16. The first-order valence-corrected chi connectivity index (χ1v) is 4.07. The average Bonchev–Trinajstić information content (AvgIpc) is 2.48. The molecule has 0 aliphatic rings. The summed E-state index contributed by atoms with van der Waals surface area (Å²) in [5.41, 5.74) is 0.303. The summed E-state index contributed by atoms with van der Waals surface area (Å²) >= 11 is 0. The Hall–Kier alpha value is -1.15. The fraction of sp³-hybridized carbons (Fsp3) is 0.714. The van der Waals surface area contributed by atoms with Crippen molar-refractivity contribution >= 4 is 0 Å². The van der Waals surface area contributed by atoms with Crippen molar-refractivity contribution in [1.29, 1.82) is 0 Å². The van der Waals surface area contributed by atoms with Gasteiger partial charge in [0.1, 0.15) is 12.7 Å². The predicted molar refractivity (Wildman–Crippen MR) is 42.8 cm³/mol. The molecule has 8 heteroatoms. The number of aryl methyl sites for hydroxylation is 1. The first kappa shape index (κ1) is 11.9. The maximum absolute atomic E-state index is 11.7. The summed E-state index contributed by atoms with van der Waals surface area (Å²) in [5.74, 6) is 0. The molecule has 0 aliphatic carbocycles. The van der Waals surface area contributed by atoms with Crippen LogP contribution in [0.1, 0.15) is 11.8 Å². The number of alkyl halides is 3. The summed E-state index contributed by atoms with van der Waals surface area (Å²) in [7, 11) is 1.52. The maximum atomic E-state index is 11.7. The minimum atomic E-state index is -4.38. The lowest BCUT2D eigenvalue weighted by atomic mass is 10.3. The van der Waals surface area contributed by atoms with Crippen LogP contribution in [0.2, 0.25) is 0 Å². The summed E-state index contributed by atoms with van der Waals surface area (Å²) in [6, 6.07) is 0. The van der Waals surface area contributed by atoms with Crippen molar-refractivity contribution in [1.82, 2.24) is 15.0 Å². The van der Waals surface area contributed by atoms with Crippen molar-refractivity contribution in [3.8, 4) is 0 Å². The zero-order valence-corrected chi connectivity index (χ0v) is 7.90. The smallest absolute Gasteiger partial charge is 0.384 e. The molecule has 0 radical (unpaired) electrons. The highest BCUT2D eigenvalue weighted by atomic mass is 19.4. The molecule has 0 saturated carbocycles. The first-order valence-electron chi connectivity index (χ1n) is 4.07. The molecule has 1 rings (SSSR count). The Bertz CT molecular complexity index is 313. The molecular formula is C7H10F3N3O2. The van der Waals surface area contributed by atoms with Gasteiger partial charge in [-0.1, -0.05) is 5.21 Å². The normalized spacial score (nSPS) is 14.2. The van der Waals surface area contributed by atoms with E-state index >= 15 is 0 Å². The van der Waals surface area contributed by atoms with E-state index in [1.54, 1.807) is 0 Å². The minimum absolute atomic E-state index is 0.303. The minimum Gasteiger partial charge on any atom is -0.384 e. The fourth-order valence-electron chi connectivity index (χ4n) is 0.971. The molecule has 0 saturated heterocycles. The van der Waals surface area contributed by atoms with E-state index in [0.717, 1.165) is 0 Å². The lowest BCUT2D eigenvalue weighted by Crippen LogP contribution is -2.20. The van der Waals surface area contributed by atoms with E-state index in [4.69, 9.17) is 0 Å². The topological polar surface area (TPSA) is 60.2 Å². The molecule has 0 amide bonds. The molecule has 1 aromatic heterocycles. The van der Waals surface area contributed by atoms with E-state index < -0.39 is 25.5 Å². The highest BCUT2D eigenvalue weighted by molar-refractivity contribution is 4.97. The summed E-state index contributed by atoms with van der Waals surface area (Å²) in [5, 5.41) is 16.4. The van der Waals surface area contributed by atoms with Gasteiger partial charge >= 0.3 is 6.18 Å². The Balaban J connectivity index is 2.37. The molecule has 0 bridgehead atoms. The van der Waals surface area contributed by atoms with Crippen molar-refractivity contribution in [2.45, 2.75) is 12.3 Å². The van der Waals surface area contributed by atoms with Crippen molar-refractivity contribution < 1.29 is 23.0 Å². The number of hydrogen-bond donors (Lipinski definition) is 1. The van der Waals surface area contributed by atoms with Crippen LogP contribution in [0.3, 0.4) is 0 Å². The van der Waals surface area contributed by atoms with E-state index in [0.29, 0.717) is 5.69 Å². The van der Waals surface area contributed by atoms with E-state index in [-0.39, 0.29) is 0 Å². The Morgan fingerprint density at radius 3 is 2.73 bits per heavy atom. The predicted octanol–water partition coefficient (Wildman–Crippen LogP) is 0.427. The van der Waals surface area contributed by atoms with Crippen molar-refractivity contribution in [3.05, 3.63) is 11.9 Å². The number of rotatable bonds is 4. The monoisotopic (exact) mass is 225 g/mol. The molecule has 1 N–H and O–H groups in total. The van der Waals surface area contributed by atoms with Crippen LogP contribution in [0.25, 0.3) is 0 Å². The maximum Gasteiger partial charge on any atom is 0.411 e. The van der Waals surface area contributed by atoms with E-state index in [1.807, 2.05) is 0 Å². The molecule has 0 aromatic carbocycles. The number of aromatic nitrogens is 3. The molecule has 1 aromatic rings. The van der Waals surface area contributed by atoms with Gasteiger partial charge in [-0.3, -0.25) is 0 Å². The SMILES string of the molecule is Cn1nncc1C(O)COCC(F)(F)F. The lowest BCUT2D eigenvalue weighted by Gasteiger charge is -2.12. The van der Waals surface area contributed by atoms with Gasteiger partial charge in [0.05, 0.1) is 18.5 Å². The third-order valence-electron chi connectivity index (χ3n) is 1.63. The molecule has 86 valence electrons.